The Bertz CT molecular complexity index is 611. The number of anilines is 1. The number of hydrogen-bond donors (Lipinski definition) is 3. The van der Waals surface area contributed by atoms with Crippen LogP contribution in [-0.2, 0) is 16.6 Å². The van der Waals surface area contributed by atoms with Crippen LogP contribution in [-0.4, -0.2) is 18.6 Å². The molecule has 0 bridgehead atoms. The molecule has 0 atom stereocenters. The number of rotatable bonds is 5. The molecule has 9 heteroatoms. The van der Waals surface area contributed by atoms with E-state index in [1.807, 2.05) is 0 Å². The number of sulfonamides is 1. The molecule has 2 heterocycles. The molecule has 96 valence electrons. The van der Waals surface area contributed by atoms with Gasteiger partial charge in [-0.3, -0.25) is 10.8 Å². The van der Waals surface area contributed by atoms with Crippen LogP contribution in [0.2, 0.25) is 0 Å². The molecule has 0 fully saturated rings. The van der Waals surface area contributed by atoms with E-state index in [0.29, 0.717) is 5.69 Å². The first kappa shape index (κ1) is 12.5. The third-order valence-corrected chi connectivity index (χ3v) is 3.59. The maximum absolute atomic E-state index is 12.0. The van der Waals surface area contributed by atoms with Crippen LogP contribution in [0.15, 0.2) is 40.2 Å². The van der Waals surface area contributed by atoms with Gasteiger partial charge in [-0.15, -0.1) is 0 Å². The maximum Gasteiger partial charge on any atom is 0.244 e. The first-order valence-corrected chi connectivity index (χ1v) is 6.41. The van der Waals surface area contributed by atoms with Crippen molar-refractivity contribution >= 4 is 15.7 Å². The van der Waals surface area contributed by atoms with E-state index in [1.54, 1.807) is 6.07 Å². The molecule has 8 nitrogen and oxygen atoms in total. The molecule has 2 aromatic heterocycles. The highest BCUT2D eigenvalue weighted by atomic mass is 32.2. The van der Waals surface area contributed by atoms with Gasteiger partial charge in [-0.05, 0) is 6.07 Å². The van der Waals surface area contributed by atoms with Gasteiger partial charge in [0.15, 0.2) is 0 Å². The van der Waals surface area contributed by atoms with Crippen LogP contribution in [0.1, 0.15) is 5.69 Å². The molecule has 0 aliphatic heterocycles. The zero-order chi connectivity index (χ0) is 13.0. The van der Waals surface area contributed by atoms with Crippen molar-refractivity contribution in [3.05, 3.63) is 36.5 Å². The van der Waals surface area contributed by atoms with Crippen LogP contribution in [0.3, 0.4) is 0 Å². The number of nitrogens with one attached hydrogen (secondary N) is 2. The molecule has 0 unspecified atom stereocenters. The van der Waals surface area contributed by atoms with Crippen LogP contribution >= 0.6 is 0 Å². The minimum absolute atomic E-state index is 0.0255. The average Bonchev–Trinajstić information content (AvgIpc) is 2.89. The highest BCUT2D eigenvalue weighted by Crippen LogP contribution is 2.18. The Labute approximate surface area is 103 Å². The van der Waals surface area contributed by atoms with Crippen molar-refractivity contribution in [1.82, 2.24) is 14.9 Å². The van der Waals surface area contributed by atoms with Gasteiger partial charge in [0.1, 0.15) is 11.2 Å². The molecular formula is C9H11N5O3S. The smallest absolute Gasteiger partial charge is 0.244 e. The van der Waals surface area contributed by atoms with E-state index in [1.165, 1.54) is 24.7 Å². The van der Waals surface area contributed by atoms with Crippen LogP contribution in [0, 0.1) is 0 Å². The highest BCUT2D eigenvalue weighted by molar-refractivity contribution is 7.89. The Morgan fingerprint density at radius 2 is 2.22 bits per heavy atom. The summed E-state index contributed by atoms with van der Waals surface area (Å²) >= 11 is 0. The maximum atomic E-state index is 12.0. The first-order chi connectivity index (χ1) is 8.63. The van der Waals surface area contributed by atoms with E-state index in [9.17, 15) is 8.42 Å². The van der Waals surface area contributed by atoms with E-state index in [4.69, 9.17) is 5.84 Å². The molecule has 0 spiro atoms. The summed E-state index contributed by atoms with van der Waals surface area (Å²) in [5.74, 6) is 5.24. The second kappa shape index (κ2) is 5.12. The third-order valence-electron chi connectivity index (χ3n) is 2.16. The van der Waals surface area contributed by atoms with E-state index in [2.05, 4.69) is 24.8 Å². The molecule has 4 N–H and O–H groups in total. The molecule has 0 radical (unpaired) electrons. The van der Waals surface area contributed by atoms with Crippen molar-refractivity contribution in [1.29, 1.82) is 0 Å². The van der Waals surface area contributed by atoms with Gasteiger partial charge in [0, 0.05) is 18.5 Å². The Balaban J connectivity index is 2.20. The number of hydrogen-bond acceptors (Lipinski definition) is 7. The standard InChI is InChI=1S/C9H11N5O3S/c10-13-8-1-3-11-6-9(8)18(15,16)12-5-7-2-4-17-14-7/h1-4,6,12H,5,10H2,(H,11,13). The summed E-state index contributed by atoms with van der Waals surface area (Å²) in [5, 5.41) is 3.60. The summed E-state index contributed by atoms with van der Waals surface area (Å²) in [6, 6.07) is 3.03. The summed E-state index contributed by atoms with van der Waals surface area (Å²) in [6.07, 6.45) is 4.01. The third kappa shape index (κ3) is 2.64. The minimum Gasteiger partial charge on any atom is -0.364 e. The number of nitrogens with zero attached hydrogens (tertiary/aromatic N) is 2. The van der Waals surface area contributed by atoms with Gasteiger partial charge in [-0.1, -0.05) is 5.16 Å². The fourth-order valence-corrected chi connectivity index (χ4v) is 2.40. The van der Waals surface area contributed by atoms with Gasteiger partial charge in [-0.25, -0.2) is 13.1 Å². The molecule has 0 saturated carbocycles. The summed E-state index contributed by atoms with van der Waals surface area (Å²) in [5.41, 5.74) is 3.04. The van der Waals surface area contributed by atoms with Crippen molar-refractivity contribution in [3.63, 3.8) is 0 Å². The average molecular weight is 269 g/mol. The Morgan fingerprint density at radius 1 is 1.39 bits per heavy atom. The van der Waals surface area contributed by atoms with Gasteiger partial charge in [0.05, 0.1) is 17.9 Å². The Kier molecular flexibility index (Phi) is 3.55. The van der Waals surface area contributed by atoms with E-state index in [-0.39, 0.29) is 17.1 Å². The SMILES string of the molecule is NNc1ccncc1S(=O)(=O)NCc1ccon1. The second-order valence-corrected chi connectivity index (χ2v) is 5.07. The molecule has 18 heavy (non-hydrogen) atoms. The summed E-state index contributed by atoms with van der Waals surface area (Å²) in [7, 11) is -3.72. The molecule has 0 saturated heterocycles. The lowest BCUT2D eigenvalue weighted by Crippen LogP contribution is -2.25. The highest BCUT2D eigenvalue weighted by Gasteiger charge is 2.18. The van der Waals surface area contributed by atoms with Crippen molar-refractivity contribution in [2.45, 2.75) is 11.4 Å². The van der Waals surface area contributed by atoms with Crippen molar-refractivity contribution < 1.29 is 12.9 Å². The fourth-order valence-electron chi connectivity index (χ4n) is 1.29. The van der Waals surface area contributed by atoms with E-state index < -0.39 is 10.0 Å². The van der Waals surface area contributed by atoms with E-state index in [0.717, 1.165) is 0 Å². The number of hydrazine groups is 1. The predicted octanol–water partition coefficient (Wildman–Crippen LogP) is -0.166. The van der Waals surface area contributed by atoms with Gasteiger partial charge < -0.3 is 9.95 Å². The predicted molar refractivity (Wildman–Crippen MR) is 62.6 cm³/mol. The number of aromatic nitrogens is 2. The second-order valence-electron chi connectivity index (χ2n) is 3.33. The largest absolute Gasteiger partial charge is 0.364 e. The summed E-state index contributed by atoms with van der Waals surface area (Å²) in [6.45, 7) is 0.0255. The lowest BCUT2D eigenvalue weighted by atomic mass is 10.4. The summed E-state index contributed by atoms with van der Waals surface area (Å²) < 4.78 is 31.0. The molecule has 0 amide bonds. The van der Waals surface area contributed by atoms with Gasteiger partial charge in [-0.2, -0.15) is 0 Å². The quantitative estimate of drug-likeness (QED) is 0.508. The number of nitrogens with two attached hydrogens (primary N) is 1. The van der Waals surface area contributed by atoms with Crippen LogP contribution in [0.5, 0.6) is 0 Å². The number of pyridine rings is 1. The molecule has 0 aliphatic rings. The van der Waals surface area contributed by atoms with Crippen molar-refractivity contribution in [2.24, 2.45) is 5.84 Å². The summed E-state index contributed by atoms with van der Waals surface area (Å²) in [4.78, 5) is 3.72. The monoisotopic (exact) mass is 269 g/mol. The Morgan fingerprint density at radius 3 is 2.89 bits per heavy atom. The lowest BCUT2D eigenvalue weighted by Gasteiger charge is -2.09. The Hall–Kier alpha value is -1.97. The van der Waals surface area contributed by atoms with Crippen molar-refractivity contribution in [2.75, 3.05) is 5.43 Å². The van der Waals surface area contributed by atoms with Crippen LogP contribution < -0.4 is 16.0 Å². The normalized spacial score (nSPS) is 11.4. The molecule has 0 aromatic carbocycles. The van der Waals surface area contributed by atoms with Gasteiger partial charge in [0.2, 0.25) is 10.0 Å². The minimum atomic E-state index is -3.72. The van der Waals surface area contributed by atoms with E-state index >= 15 is 0 Å². The zero-order valence-electron chi connectivity index (χ0n) is 9.20. The van der Waals surface area contributed by atoms with Gasteiger partial charge in [0.25, 0.3) is 0 Å². The van der Waals surface area contributed by atoms with Gasteiger partial charge >= 0.3 is 0 Å². The molecular weight excluding hydrogens is 258 g/mol. The van der Waals surface area contributed by atoms with Crippen molar-refractivity contribution in [3.8, 4) is 0 Å². The molecule has 0 aliphatic carbocycles. The number of nitrogen functional groups attached to an aromatic ring is 1. The first-order valence-electron chi connectivity index (χ1n) is 4.93. The molecule has 2 rings (SSSR count). The topological polar surface area (TPSA) is 123 Å². The molecule has 2 aromatic rings. The zero-order valence-corrected chi connectivity index (χ0v) is 10.0. The van der Waals surface area contributed by atoms with Crippen LogP contribution in [0.25, 0.3) is 0 Å². The lowest BCUT2D eigenvalue weighted by molar-refractivity contribution is 0.411. The van der Waals surface area contributed by atoms with Crippen LogP contribution in [0.4, 0.5) is 5.69 Å². The fraction of sp³-hybridized carbons (Fsp3) is 0.111.